The predicted molar refractivity (Wildman–Crippen MR) is 66.4 cm³/mol. The summed E-state index contributed by atoms with van der Waals surface area (Å²) in [6.07, 6.45) is -1.38. The van der Waals surface area contributed by atoms with Gasteiger partial charge >= 0.3 is 5.97 Å². The fraction of sp³-hybridized carbons (Fsp3) is 0.417. The Kier molecular flexibility index (Phi) is 4.11. The van der Waals surface area contributed by atoms with Crippen LogP contribution in [0.4, 0.5) is 8.78 Å². The van der Waals surface area contributed by atoms with Crippen molar-refractivity contribution in [3.63, 3.8) is 0 Å². The molecule has 2 heterocycles. The molecule has 0 aromatic carbocycles. The summed E-state index contributed by atoms with van der Waals surface area (Å²) >= 11 is 0. The fourth-order valence-corrected chi connectivity index (χ4v) is 1.71. The summed E-state index contributed by atoms with van der Waals surface area (Å²) in [4.78, 5) is 11.5. The first-order chi connectivity index (χ1) is 9.56. The Labute approximate surface area is 113 Å². The molecular weight excluding hydrogens is 270 g/mol. The van der Waals surface area contributed by atoms with Crippen LogP contribution in [-0.2, 0) is 11.3 Å². The van der Waals surface area contributed by atoms with E-state index < -0.39 is 12.4 Å². The maximum Gasteiger partial charge on any atom is 0.356 e. The highest BCUT2D eigenvalue weighted by atomic mass is 19.3. The molecule has 0 saturated carbocycles. The van der Waals surface area contributed by atoms with Crippen molar-refractivity contribution in [2.45, 2.75) is 26.8 Å². The van der Waals surface area contributed by atoms with Gasteiger partial charge in [0.15, 0.2) is 0 Å². The molecule has 0 bridgehead atoms. The molecular formula is C12H14F2N4O2. The zero-order chi connectivity index (χ0) is 14.7. The van der Waals surface area contributed by atoms with Gasteiger partial charge in [-0.25, -0.2) is 13.6 Å². The van der Waals surface area contributed by atoms with Crippen LogP contribution in [0.25, 0.3) is 11.4 Å². The molecule has 1 N–H and O–H groups in total. The SMILES string of the molecule is CCOC(=O)c1cc(-c2nn(CC)cc2C(F)F)n[nH]1. The Balaban J connectivity index is 2.36. The second-order valence-corrected chi connectivity index (χ2v) is 3.98. The van der Waals surface area contributed by atoms with Crippen LogP contribution in [0.1, 0.15) is 36.3 Å². The topological polar surface area (TPSA) is 72.8 Å². The molecule has 0 amide bonds. The van der Waals surface area contributed by atoms with E-state index in [4.69, 9.17) is 4.74 Å². The quantitative estimate of drug-likeness (QED) is 0.856. The number of hydrogen-bond acceptors (Lipinski definition) is 4. The number of alkyl halides is 2. The van der Waals surface area contributed by atoms with Gasteiger partial charge in [0.1, 0.15) is 17.1 Å². The van der Waals surface area contributed by atoms with Crippen LogP contribution in [0, 0.1) is 0 Å². The van der Waals surface area contributed by atoms with Crippen molar-refractivity contribution < 1.29 is 18.3 Å². The number of rotatable bonds is 5. The number of esters is 1. The van der Waals surface area contributed by atoms with Crippen molar-refractivity contribution in [1.82, 2.24) is 20.0 Å². The van der Waals surface area contributed by atoms with Gasteiger partial charge in [-0.2, -0.15) is 10.2 Å². The Hall–Kier alpha value is -2.25. The van der Waals surface area contributed by atoms with Crippen molar-refractivity contribution in [3.8, 4) is 11.4 Å². The lowest BCUT2D eigenvalue weighted by atomic mass is 10.2. The van der Waals surface area contributed by atoms with E-state index in [1.54, 1.807) is 13.8 Å². The van der Waals surface area contributed by atoms with Crippen LogP contribution < -0.4 is 0 Å². The van der Waals surface area contributed by atoms with E-state index in [1.807, 2.05) is 0 Å². The zero-order valence-electron chi connectivity index (χ0n) is 11.1. The molecule has 0 unspecified atom stereocenters. The minimum atomic E-state index is -2.66. The van der Waals surface area contributed by atoms with E-state index in [0.29, 0.717) is 6.54 Å². The van der Waals surface area contributed by atoms with E-state index >= 15 is 0 Å². The molecule has 0 aliphatic carbocycles. The van der Waals surface area contributed by atoms with Gasteiger partial charge in [-0.15, -0.1) is 0 Å². The molecule has 2 rings (SSSR count). The van der Waals surface area contributed by atoms with Crippen LogP contribution in [0.5, 0.6) is 0 Å². The summed E-state index contributed by atoms with van der Waals surface area (Å²) in [6.45, 7) is 4.16. The predicted octanol–water partition coefficient (Wildman–Crippen LogP) is 2.41. The average molecular weight is 284 g/mol. The van der Waals surface area contributed by atoms with Crippen molar-refractivity contribution in [3.05, 3.63) is 23.5 Å². The maximum absolute atomic E-state index is 13.0. The number of ether oxygens (including phenoxy) is 1. The van der Waals surface area contributed by atoms with Gasteiger partial charge < -0.3 is 4.74 Å². The standard InChI is InChI=1S/C12H14F2N4O2/c1-3-18-6-7(11(13)14)10(17-18)8-5-9(16-15-8)12(19)20-4-2/h5-6,11H,3-4H2,1-2H3,(H,15,16). The van der Waals surface area contributed by atoms with Crippen molar-refractivity contribution in [2.75, 3.05) is 6.61 Å². The van der Waals surface area contributed by atoms with Crippen molar-refractivity contribution in [1.29, 1.82) is 0 Å². The van der Waals surface area contributed by atoms with Gasteiger partial charge in [0.25, 0.3) is 6.43 Å². The van der Waals surface area contributed by atoms with Crippen LogP contribution in [0.2, 0.25) is 0 Å². The summed E-state index contributed by atoms with van der Waals surface area (Å²) in [7, 11) is 0. The summed E-state index contributed by atoms with van der Waals surface area (Å²) in [6, 6.07) is 1.35. The molecule has 0 aliphatic heterocycles. The number of aromatic amines is 1. The molecule has 8 heteroatoms. The molecule has 6 nitrogen and oxygen atoms in total. The molecule has 0 aliphatic rings. The van der Waals surface area contributed by atoms with Crippen molar-refractivity contribution in [2.24, 2.45) is 0 Å². The number of carbonyl (C=O) groups excluding carboxylic acids is 1. The van der Waals surface area contributed by atoms with Crippen LogP contribution in [0.15, 0.2) is 12.3 Å². The molecule has 0 spiro atoms. The summed E-state index contributed by atoms with van der Waals surface area (Å²) in [5, 5.41) is 10.3. The third-order valence-electron chi connectivity index (χ3n) is 2.66. The first-order valence-electron chi connectivity index (χ1n) is 6.15. The first kappa shape index (κ1) is 14.2. The highest BCUT2D eigenvalue weighted by molar-refractivity contribution is 5.88. The minimum absolute atomic E-state index is 0.0636. The highest BCUT2D eigenvalue weighted by Gasteiger charge is 2.22. The van der Waals surface area contributed by atoms with Gasteiger partial charge in [0, 0.05) is 18.8 Å². The molecule has 0 atom stereocenters. The Morgan fingerprint density at radius 1 is 1.50 bits per heavy atom. The number of halogens is 2. The molecule has 20 heavy (non-hydrogen) atoms. The number of H-pyrrole nitrogens is 1. The smallest absolute Gasteiger partial charge is 0.356 e. The van der Waals surface area contributed by atoms with Gasteiger partial charge in [-0.05, 0) is 13.8 Å². The third kappa shape index (κ3) is 2.68. The van der Waals surface area contributed by atoms with Crippen LogP contribution in [-0.4, -0.2) is 32.6 Å². The summed E-state index contributed by atoms with van der Waals surface area (Å²) in [5.74, 6) is -0.584. The summed E-state index contributed by atoms with van der Waals surface area (Å²) in [5.41, 5.74) is 0.145. The lowest BCUT2D eigenvalue weighted by Crippen LogP contribution is -2.04. The second kappa shape index (κ2) is 5.81. The monoisotopic (exact) mass is 284 g/mol. The zero-order valence-corrected chi connectivity index (χ0v) is 11.1. The highest BCUT2D eigenvalue weighted by Crippen LogP contribution is 2.29. The molecule has 0 saturated heterocycles. The number of carbonyl (C=O) groups is 1. The van der Waals surface area contributed by atoms with Crippen LogP contribution >= 0.6 is 0 Å². The molecule has 108 valence electrons. The molecule has 2 aromatic rings. The number of hydrogen-bond donors (Lipinski definition) is 1. The minimum Gasteiger partial charge on any atom is -0.461 e. The van der Waals surface area contributed by atoms with Gasteiger partial charge in [0.2, 0.25) is 0 Å². The lowest BCUT2D eigenvalue weighted by molar-refractivity contribution is 0.0519. The largest absolute Gasteiger partial charge is 0.461 e. The van der Waals surface area contributed by atoms with E-state index in [2.05, 4.69) is 15.3 Å². The fourth-order valence-electron chi connectivity index (χ4n) is 1.71. The van der Waals surface area contributed by atoms with E-state index in [0.717, 1.165) is 0 Å². The Bertz CT molecular complexity index is 606. The molecule has 0 fully saturated rings. The number of aryl methyl sites for hydroxylation is 1. The average Bonchev–Trinajstić information content (AvgIpc) is 3.05. The number of aromatic nitrogens is 4. The number of nitrogens with zero attached hydrogens (tertiary/aromatic N) is 3. The van der Waals surface area contributed by atoms with Gasteiger partial charge in [-0.1, -0.05) is 0 Å². The Morgan fingerprint density at radius 3 is 2.85 bits per heavy atom. The van der Waals surface area contributed by atoms with E-state index in [1.165, 1.54) is 16.9 Å². The third-order valence-corrected chi connectivity index (χ3v) is 2.66. The normalized spacial score (nSPS) is 11.1. The number of nitrogens with one attached hydrogen (secondary N) is 1. The lowest BCUT2D eigenvalue weighted by Gasteiger charge is -1.97. The van der Waals surface area contributed by atoms with E-state index in [-0.39, 0.29) is 29.3 Å². The molecule has 0 radical (unpaired) electrons. The van der Waals surface area contributed by atoms with Gasteiger partial charge in [0.05, 0.1) is 12.2 Å². The van der Waals surface area contributed by atoms with Crippen molar-refractivity contribution >= 4 is 5.97 Å². The molecule has 2 aromatic heterocycles. The van der Waals surface area contributed by atoms with E-state index in [9.17, 15) is 13.6 Å². The second-order valence-electron chi connectivity index (χ2n) is 3.98. The van der Waals surface area contributed by atoms with Gasteiger partial charge in [-0.3, -0.25) is 9.78 Å². The first-order valence-corrected chi connectivity index (χ1v) is 6.15. The summed E-state index contributed by atoms with van der Waals surface area (Å²) < 4.78 is 32.1. The maximum atomic E-state index is 13.0. The van der Waals surface area contributed by atoms with Crippen LogP contribution in [0.3, 0.4) is 0 Å². The Morgan fingerprint density at radius 2 is 2.25 bits per heavy atom.